The van der Waals surface area contributed by atoms with Crippen molar-refractivity contribution in [1.29, 1.82) is 0 Å². The number of rotatable bonds is 1. The van der Waals surface area contributed by atoms with Crippen LogP contribution in [0.5, 0.6) is 0 Å². The SMILES string of the molecule is Cn1cc(-c2ccccc2Br)c2ccccc21. The highest BCUT2D eigenvalue weighted by Gasteiger charge is 2.09. The molecular weight excluding hydrogens is 274 g/mol. The Hall–Kier alpha value is -1.54. The summed E-state index contributed by atoms with van der Waals surface area (Å²) in [5.74, 6) is 0. The lowest BCUT2D eigenvalue weighted by molar-refractivity contribution is 0.970. The Morgan fingerprint density at radius 2 is 1.59 bits per heavy atom. The van der Waals surface area contributed by atoms with Gasteiger partial charge in [0.1, 0.15) is 0 Å². The highest BCUT2D eigenvalue weighted by molar-refractivity contribution is 9.10. The maximum Gasteiger partial charge on any atom is 0.0484 e. The van der Waals surface area contributed by atoms with Gasteiger partial charge < -0.3 is 4.57 Å². The van der Waals surface area contributed by atoms with Crippen LogP contribution >= 0.6 is 15.9 Å². The molecule has 1 aromatic heterocycles. The summed E-state index contributed by atoms with van der Waals surface area (Å²) in [6.07, 6.45) is 2.19. The van der Waals surface area contributed by atoms with E-state index in [2.05, 4.69) is 76.2 Å². The van der Waals surface area contributed by atoms with E-state index in [1.54, 1.807) is 0 Å². The fourth-order valence-electron chi connectivity index (χ4n) is 2.24. The van der Waals surface area contributed by atoms with Crippen molar-refractivity contribution < 1.29 is 0 Å². The van der Waals surface area contributed by atoms with Crippen LogP contribution in [0.4, 0.5) is 0 Å². The van der Waals surface area contributed by atoms with Gasteiger partial charge in [-0.05, 0) is 17.7 Å². The number of aryl methyl sites for hydroxylation is 1. The standard InChI is InChI=1S/C15H12BrN/c1-17-10-13(11-6-2-4-8-14(11)16)12-7-3-5-9-15(12)17/h2-10H,1H3. The van der Waals surface area contributed by atoms with Crippen LogP contribution in [0.3, 0.4) is 0 Å². The van der Waals surface area contributed by atoms with Crippen LogP contribution in [-0.2, 0) is 7.05 Å². The fourth-order valence-corrected chi connectivity index (χ4v) is 2.73. The Morgan fingerprint density at radius 1 is 0.882 bits per heavy atom. The Bertz CT molecular complexity index is 682. The van der Waals surface area contributed by atoms with Crippen molar-refractivity contribution in [2.75, 3.05) is 0 Å². The minimum Gasteiger partial charge on any atom is -0.350 e. The second-order valence-corrected chi connectivity index (χ2v) is 5.01. The molecule has 2 aromatic carbocycles. The molecular formula is C15H12BrN. The number of para-hydroxylation sites is 1. The summed E-state index contributed by atoms with van der Waals surface area (Å²) in [5.41, 5.74) is 3.78. The van der Waals surface area contributed by atoms with Gasteiger partial charge in [0.2, 0.25) is 0 Å². The molecule has 0 unspecified atom stereocenters. The third kappa shape index (κ3) is 1.69. The monoisotopic (exact) mass is 285 g/mol. The van der Waals surface area contributed by atoms with Crippen LogP contribution in [0, 0.1) is 0 Å². The molecule has 3 aromatic rings. The molecule has 1 heterocycles. The van der Waals surface area contributed by atoms with E-state index in [-0.39, 0.29) is 0 Å². The van der Waals surface area contributed by atoms with E-state index in [4.69, 9.17) is 0 Å². The minimum absolute atomic E-state index is 1.14. The lowest BCUT2D eigenvalue weighted by Crippen LogP contribution is -1.81. The molecule has 0 aliphatic rings. The van der Waals surface area contributed by atoms with Crippen molar-refractivity contribution >= 4 is 26.8 Å². The number of hydrogen-bond acceptors (Lipinski definition) is 0. The highest BCUT2D eigenvalue weighted by atomic mass is 79.9. The molecule has 0 fully saturated rings. The first-order valence-electron chi connectivity index (χ1n) is 5.56. The number of fused-ring (bicyclic) bond motifs is 1. The molecule has 0 amide bonds. The van der Waals surface area contributed by atoms with Gasteiger partial charge in [-0.3, -0.25) is 0 Å². The average Bonchev–Trinajstić information content (AvgIpc) is 2.68. The van der Waals surface area contributed by atoms with Crippen LogP contribution in [0.15, 0.2) is 59.2 Å². The Kier molecular flexibility index (Phi) is 2.52. The molecule has 0 aliphatic heterocycles. The molecule has 3 rings (SSSR count). The van der Waals surface area contributed by atoms with Gasteiger partial charge in [0, 0.05) is 34.2 Å². The van der Waals surface area contributed by atoms with Gasteiger partial charge in [-0.15, -0.1) is 0 Å². The third-order valence-corrected chi connectivity index (χ3v) is 3.75. The molecule has 0 N–H and O–H groups in total. The van der Waals surface area contributed by atoms with Gasteiger partial charge >= 0.3 is 0 Å². The highest BCUT2D eigenvalue weighted by Crippen LogP contribution is 2.34. The summed E-state index contributed by atoms with van der Waals surface area (Å²) in [5, 5.41) is 1.29. The van der Waals surface area contributed by atoms with Gasteiger partial charge in [0.05, 0.1) is 0 Å². The maximum atomic E-state index is 3.62. The first-order chi connectivity index (χ1) is 8.27. The van der Waals surface area contributed by atoms with Crippen LogP contribution < -0.4 is 0 Å². The minimum atomic E-state index is 1.14. The molecule has 0 spiro atoms. The first kappa shape index (κ1) is 10.6. The maximum absolute atomic E-state index is 3.62. The quantitative estimate of drug-likeness (QED) is 0.615. The number of hydrogen-bond donors (Lipinski definition) is 0. The van der Waals surface area contributed by atoms with Gasteiger partial charge in [-0.2, -0.15) is 0 Å². The predicted octanol–water partition coefficient (Wildman–Crippen LogP) is 4.61. The summed E-state index contributed by atoms with van der Waals surface area (Å²) in [7, 11) is 2.09. The van der Waals surface area contributed by atoms with Crippen molar-refractivity contribution in [2.24, 2.45) is 7.05 Å². The molecule has 0 aliphatic carbocycles. The fraction of sp³-hybridized carbons (Fsp3) is 0.0667. The van der Waals surface area contributed by atoms with Gasteiger partial charge in [-0.1, -0.05) is 52.3 Å². The Morgan fingerprint density at radius 3 is 2.41 bits per heavy atom. The predicted molar refractivity (Wildman–Crippen MR) is 76.1 cm³/mol. The van der Waals surface area contributed by atoms with E-state index in [1.165, 1.54) is 22.0 Å². The van der Waals surface area contributed by atoms with E-state index in [0.717, 1.165) is 4.47 Å². The molecule has 0 saturated carbocycles. The van der Waals surface area contributed by atoms with E-state index < -0.39 is 0 Å². The zero-order valence-electron chi connectivity index (χ0n) is 9.52. The number of nitrogens with zero attached hydrogens (tertiary/aromatic N) is 1. The molecule has 2 heteroatoms. The largest absolute Gasteiger partial charge is 0.350 e. The number of halogens is 1. The molecule has 17 heavy (non-hydrogen) atoms. The van der Waals surface area contributed by atoms with E-state index in [0.29, 0.717) is 0 Å². The van der Waals surface area contributed by atoms with Crippen molar-refractivity contribution in [2.45, 2.75) is 0 Å². The molecule has 1 nitrogen and oxygen atoms in total. The summed E-state index contributed by atoms with van der Waals surface area (Å²) in [4.78, 5) is 0. The van der Waals surface area contributed by atoms with Crippen molar-refractivity contribution in [3.05, 3.63) is 59.2 Å². The molecule has 0 saturated heterocycles. The topological polar surface area (TPSA) is 4.93 Å². The van der Waals surface area contributed by atoms with E-state index in [1.807, 2.05) is 6.07 Å². The van der Waals surface area contributed by atoms with Crippen molar-refractivity contribution in [3.63, 3.8) is 0 Å². The number of benzene rings is 2. The van der Waals surface area contributed by atoms with Crippen LogP contribution in [0.2, 0.25) is 0 Å². The third-order valence-electron chi connectivity index (χ3n) is 3.06. The Balaban J connectivity index is 2.35. The average molecular weight is 286 g/mol. The Labute approximate surface area is 109 Å². The van der Waals surface area contributed by atoms with Crippen LogP contribution in [0.1, 0.15) is 0 Å². The zero-order chi connectivity index (χ0) is 11.8. The van der Waals surface area contributed by atoms with E-state index >= 15 is 0 Å². The normalized spacial score (nSPS) is 10.9. The zero-order valence-corrected chi connectivity index (χ0v) is 11.1. The lowest BCUT2D eigenvalue weighted by atomic mass is 10.1. The van der Waals surface area contributed by atoms with E-state index in [9.17, 15) is 0 Å². The van der Waals surface area contributed by atoms with Gasteiger partial charge in [-0.25, -0.2) is 0 Å². The smallest absolute Gasteiger partial charge is 0.0484 e. The lowest BCUT2D eigenvalue weighted by Gasteiger charge is -2.02. The number of aromatic nitrogens is 1. The summed E-state index contributed by atoms with van der Waals surface area (Å²) >= 11 is 3.62. The summed E-state index contributed by atoms with van der Waals surface area (Å²) in [6.45, 7) is 0. The molecule has 0 radical (unpaired) electrons. The molecule has 0 atom stereocenters. The van der Waals surface area contributed by atoms with Crippen molar-refractivity contribution in [1.82, 2.24) is 4.57 Å². The first-order valence-corrected chi connectivity index (χ1v) is 6.35. The second kappa shape index (κ2) is 4.04. The molecule has 0 bridgehead atoms. The second-order valence-electron chi connectivity index (χ2n) is 4.15. The van der Waals surface area contributed by atoms with Crippen molar-refractivity contribution in [3.8, 4) is 11.1 Å². The van der Waals surface area contributed by atoms with Crippen LogP contribution in [0.25, 0.3) is 22.0 Å². The van der Waals surface area contributed by atoms with Gasteiger partial charge in [0.25, 0.3) is 0 Å². The van der Waals surface area contributed by atoms with Crippen LogP contribution in [-0.4, -0.2) is 4.57 Å². The summed E-state index contributed by atoms with van der Waals surface area (Å²) < 4.78 is 3.31. The molecule has 84 valence electrons. The summed E-state index contributed by atoms with van der Waals surface area (Å²) in [6, 6.07) is 16.8. The van der Waals surface area contributed by atoms with Gasteiger partial charge in [0.15, 0.2) is 0 Å².